The second-order valence-corrected chi connectivity index (χ2v) is 2.50. The molecule has 0 aliphatic carbocycles. The Labute approximate surface area is 67.5 Å². The van der Waals surface area contributed by atoms with Crippen molar-refractivity contribution in [3.63, 3.8) is 0 Å². The summed E-state index contributed by atoms with van der Waals surface area (Å²) < 4.78 is 5.21. The predicted molar refractivity (Wildman–Crippen MR) is 47.0 cm³/mol. The average molecular weight is 149 g/mol. The van der Waals surface area contributed by atoms with Gasteiger partial charge in [0.05, 0.1) is 6.61 Å². The van der Waals surface area contributed by atoms with Gasteiger partial charge >= 0.3 is 7.05 Å². The van der Waals surface area contributed by atoms with Crippen LogP contribution in [-0.2, 0) is 11.3 Å². The van der Waals surface area contributed by atoms with Gasteiger partial charge in [-0.15, -0.1) is 0 Å². The summed E-state index contributed by atoms with van der Waals surface area (Å²) >= 11 is 0. The summed E-state index contributed by atoms with van der Waals surface area (Å²) in [4.78, 5) is 0. The summed E-state index contributed by atoms with van der Waals surface area (Å²) in [6.45, 7) is 2.42. The van der Waals surface area contributed by atoms with E-state index in [0.717, 1.165) is 5.56 Å². The number of nitrogens with two attached hydrogens (primary N) is 1. The van der Waals surface area contributed by atoms with Gasteiger partial charge in [0.25, 0.3) is 0 Å². The molecular formula is C8H12BNO. The summed E-state index contributed by atoms with van der Waals surface area (Å²) in [5.41, 5.74) is 6.58. The lowest BCUT2D eigenvalue weighted by atomic mass is 9.91. The van der Waals surface area contributed by atoms with Crippen LogP contribution in [0.4, 0.5) is 0 Å². The topological polar surface area (TPSA) is 35.2 Å². The Hall–Kier alpha value is -0.795. The van der Waals surface area contributed by atoms with Crippen LogP contribution in [0.3, 0.4) is 0 Å². The summed E-state index contributed by atoms with van der Waals surface area (Å²) in [5, 5.41) is 0. The summed E-state index contributed by atoms with van der Waals surface area (Å²) in [7, 11) is -0.185. The number of hydrogen-bond donors (Lipinski definition) is 1. The molecule has 0 aliphatic heterocycles. The SMILES string of the molecule is CB(N)OCc1ccccc1. The Morgan fingerprint density at radius 3 is 2.55 bits per heavy atom. The maximum atomic E-state index is 5.42. The lowest BCUT2D eigenvalue weighted by Gasteiger charge is -2.03. The summed E-state index contributed by atoms with van der Waals surface area (Å²) in [6, 6.07) is 9.99. The molecule has 0 amide bonds. The van der Waals surface area contributed by atoms with Crippen molar-refractivity contribution in [1.82, 2.24) is 0 Å². The van der Waals surface area contributed by atoms with Gasteiger partial charge in [0.15, 0.2) is 0 Å². The van der Waals surface area contributed by atoms with Gasteiger partial charge in [-0.25, -0.2) is 0 Å². The molecule has 0 heterocycles. The highest BCUT2D eigenvalue weighted by Crippen LogP contribution is 1.99. The number of hydrogen-bond acceptors (Lipinski definition) is 2. The average Bonchev–Trinajstić information content (AvgIpc) is 2.03. The first-order valence-corrected chi connectivity index (χ1v) is 3.70. The van der Waals surface area contributed by atoms with E-state index in [1.165, 1.54) is 0 Å². The molecule has 1 rings (SSSR count). The fraction of sp³-hybridized carbons (Fsp3) is 0.250. The van der Waals surface area contributed by atoms with Crippen LogP contribution >= 0.6 is 0 Å². The van der Waals surface area contributed by atoms with Crippen molar-refractivity contribution in [1.29, 1.82) is 0 Å². The molecule has 0 unspecified atom stereocenters. The molecular weight excluding hydrogens is 137 g/mol. The van der Waals surface area contributed by atoms with Gasteiger partial charge in [-0.3, -0.25) is 0 Å². The monoisotopic (exact) mass is 149 g/mol. The molecule has 0 bridgehead atoms. The van der Waals surface area contributed by atoms with E-state index in [4.69, 9.17) is 10.3 Å². The minimum atomic E-state index is -0.185. The van der Waals surface area contributed by atoms with Gasteiger partial charge < -0.3 is 10.3 Å². The zero-order chi connectivity index (χ0) is 8.10. The third-order valence-corrected chi connectivity index (χ3v) is 1.36. The second-order valence-electron chi connectivity index (χ2n) is 2.50. The Kier molecular flexibility index (Phi) is 3.14. The molecule has 58 valence electrons. The highest BCUT2D eigenvalue weighted by Gasteiger charge is 1.99. The van der Waals surface area contributed by atoms with E-state index in [-0.39, 0.29) is 7.05 Å². The highest BCUT2D eigenvalue weighted by molar-refractivity contribution is 6.46. The standard InChI is InChI=1S/C8H12BNO/c1-9(10)11-7-8-5-3-2-4-6-8/h2-6H,7,10H2,1H3. The van der Waals surface area contributed by atoms with E-state index in [9.17, 15) is 0 Å². The minimum absolute atomic E-state index is 0.185. The minimum Gasteiger partial charge on any atom is -0.417 e. The second kappa shape index (κ2) is 4.16. The van der Waals surface area contributed by atoms with Crippen LogP contribution in [0.1, 0.15) is 5.56 Å². The van der Waals surface area contributed by atoms with Crippen molar-refractivity contribution in [2.75, 3.05) is 0 Å². The molecule has 0 aliphatic rings. The van der Waals surface area contributed by atoms with Crippen molar-refractivity contribution >= 4 is 7.05 Å². The molecule has 0 saturated carbocycles. The van der Waals surface area contributed by atoms with Crippen LogP contribution in [-0.4, -0.2) is 7.05 Å². The summed E-state index contributed by atoms with van der Waals surface area (Å²) in [6.07, 6.45) is 0. The molecule has 0 fully saturated rings. The largest absolute Gasteiger partial charge is 0.417 e. The fourth-order valence-electron chi connectivity index (χ4n) is 0.802. The zero-order valence-corrected chi connectivity index (χ0v) is 6.66. The highest BCUT2D eigenvalue weighted by atomic mass is 16.4. The van der Waals surface area contributed by atoms with Gasteiger partial charge in [0, 0.05) is 0 Å². The molecule has 2 N–H and O–H groups in total. The quantitative estimate of drug-likeness (QED) is 0.657. The molecule has 1 aromatic carbocycles. The molecule has 0 radical (unpaired) electrons. The maximum absolute atomic E-state index is 5.42. The third kappa shape index (κ3) is 3.21. The van der Waals surface area contributed by atoms with E-state index >= 15 is 0 Å². The van der Waals surface area contributed by atoms with Crippen LogP contribution in [0.15, 0.2) is 30.3 Å². The first-order chi connectivity index (χ1) is 5.29. The first kappa shape index (κ1) is 8.30. The van der Waals surface area contributed by atoms with Crippen LogP contribution in [0.25, 0.3) is 0 Å². The molecule has 0 atom stereocenters. The number of benzene rings is 1. The zero-order valence-electron chi connectivity index (χ0n) is 6.66. The molecule has 1 aromatic rings. The van der Waals surface area contributed by atoms with Crippen molar-refractivity contribution in [3.05, 3.63) is 35.9 Å². The Bertz CT molecular complexity index is 201. The first-order valence-electron chi connectivity index (χ1n) is 3.70. The lowest BCUT2D eigenvalue weighted by molar-refractivity contribution is 0.311. The van der Waals surface area contributed by atoms with Crippen molar-refractivity contribution < 1.29 is 4.65 Å². The van der Waals surface area contributed by atoms with Crippen LogP contribution < -0.4 is 5.64 Å². The Balaban J connectivity index is 2.39. The molecule has 0 aromatic heterocycles. The van der Waals surface area contributed by atoms with E-state index in [1.54, 1.807) is 0 Å². The van der Waals surface area contributed by atoms with Crippen LogP contribution in [0.5, 0.6) is 0 Å². The van der Waals surface area contributed by atoms with E-state index in [2.05, 4.69) is 0 Å². The predicted octanol–water partition coefficient (Wildman–Crippen LogP) is 1.28. The molecule has 0 saturated heterocycles. The van der Waals surface area contributed by atoms with Crippen molar-refractivity contribution in [2.24, 2.45) is 5.64 Å². The Morgan fingerprint density at radius 2 is 2.00 bits per heavy atom. The molecule has 0 spiro atoms. The smallest absolute Gasteiger partial charge is 0.373 e. The van der Waals surface area contributed by atoms with Crippen molar-refractivity contribution in [2.45, 2.75) is 13.4 Å². The summed E-state index contributed by atoms with van der Waals surface area (Å²) in [5.74, 6) is 0. The normalized spacial score (nSPS) is 9.64. The van der Waals surface area contributed by atoms with Crippen LogP contribution in [0, 0.1) is 0 Å². The van der Waals surface area contributed by atoms with E-state index in [1.807, 2.05) is 37.2 Å². The van der Waals surface area contributed by atoms with E-state index in [0.29, 0.717) is 6.61 Å². The third-order valence-electron chi connectivity index (χ3n) is 1.36. The van der Waals surface area contributed by atoms with Gasteiger partial charge in [0.2, 0.25) is 0 Å². The van der Waals surface area contributed by atoms with E-state index < -0.39 is 0 Å². The van der Waals surface area contributed by atoms with Gasteiger partial charge in [-0.1, -0.05) is 30.3 Å². The van der Waals surface area contributed by atoms with Gasteiger partial charge in [0.1, 0.15) is 0 Å². The van der Waals surface area contributed by atoms with Gasteiger partial charge in [-0.2, -0.15) is 0 Å². The van der Waals surface area contributed by atoms with Crippen molar-refractivity contribution in [3.8, 4) is 0 Å². The Morgan fingerprint density at radius 1 is 1.36 bits per heavy atom. The lowest BCUT2D eigenvalue weighted by Crippen LogP contribution is -2.24. The molecule has 2 nitrogen and oxygen atoms in total. The van der Waals surface area contributed by atoms with Gasteiger partial charge in [-0.05, 0) is 12.4 Å². The molecule has 11 heavy (non-hydrogen) atoms. The fourth-order valence-corrected chi connectivity index (χ4v) is 0.802. The van der Waals surface area contributed by atoms with Crippen LogP contribution in [0.2, 0.25) is 6.82 Å². The maximum Gasteiger partial charge on any atom is 0.373 e. The number of rotatable bonds is 3. The molecule has 3 heteroatoms.